The zero-order valence-corrected chi connectivity index (χ0v) is 16.8. The third kappa shape index (κ3) is 4.00. The Labute approximate surface area is 176 Å². The van der Waals surface area contributed by atoms with E-state index in [4.69, 9.17) is 8.85 Å². The van der Waals surface area contributed by atoms with Crippen LogP contribution in [0.2, 0.25) is 0 Å². The van der Waals surface area contributed by atoms with Crippen molar-refractivity contribution in [1.29, 1.82) is 0 Å². The molecule has 2 aliphatic carbocycles. The Morgan fingerprint density at radius 3 is 2.66 bits per heavy atom. The first-order valence-corrected chi connectivity index (χ1v) is 11.1. The minimum Gasteiger partial charge on any atom is -0.381 e. The quantitative estimate of drug-likeness (QED) is 0.837. The molecule has 1 aliphatic heterocycles. The average molecular weight is 400 g/mol. The molecule has 29 heavy (non-hydrogen) atoms. The second-order valence-corrected chi connectivity index (χ2v) is 8.94. The first kappa shape index (κ1) is 15.7. The molecule has 2 aromatic rings. The van der Waals surface area contributed by atoms with Gasteiger partial charge in [-0.3, -0.25) is 4.68 Å². The lowest BCUT2D eigenvalue weighted by Crippen LogP contribution is -2.49. The van der Waals surface area contributed by atoms with E-state index in [2.05, 4.69) is 33.3 Å². The molecule has 5 rings (SSSR count). The predicted molar refractivity (Wildman–Crippen MR) is 113 cm³/mol. The largest absolute Gasteiger partial charge is 0.381 e. The number of nitrogens with zero attached hydrogens (tertiary/aromatic N) is 3. The van der Waals surface area contributed by atoms with Crippen LogP contribution in [0.4, 0.5) is 4.79 Å². The Hall–Kier alpha value is -2.08. The number of fused-ring (bicyclic) bond motifs is 1. The number of aromatic nitrogens is 2. The van der Waals surface area contributed by atoms with E-state index >= 15 is 0 Å². The highest BCUT2D eigenvalue weighted by molar-refractivity contribution is 5.80. The number of ether oxygens (including phenoxy) is 1. The molecule has 2 saturated carbocycles. The van der Waals surface area contributed by atoms with E-state index in [1.165, 1.54) is 29.3 Å². The normalized spacial score (nSPS) is 28.0. The van der Waals surface area contributed by atoms with Crippen molar-refractivity contribution in [2.75, 3.05) is 20.1 Å². The van der Waals surface area contributed by atoms with Crippen LogP contribution in [0, 0.1) is 0 Å². The van der Waals surface area contributed by atoms with Gasteiger partial charge in [-0.1, -0.05) is 6.07 Å². The average Bonchev–Trinajstić information content (AvgIpc) is 3.53. The molecule has 0 unspecified atom stereocenters. The number of hydrogen-bond acceptors (Lipinski definition) is 3. The van der Waals surface area contributed by atoms with E-state index in [9.17, 15) is 4.79 Å². The third-order valence-electron chi connectivity index (χ3n) is 6.93. The first-order valence-electron chi connectivity index (χ1n) is 12.6. The number of nitrogens with one attached hydrogen (secondary N) is 1. The Morgan fingerprint density at radius 1 is 1.14 bits per heavy atom. The van der Waals surface area contributed by atoms with Crippen LogP contribution >= 0.6 is 0 Å². The van der Waals surface area contributed by atoms with Gasteiger partial charge >= 0.3 is 6.03 Å². The van der Waals surface area contributed by atoms with Gasteiger partial charge in [-0.25, -0.2) is 4.79 Å². The molecule has 1 N–H and O–H groups in total. The van der Waals surface area contributed by atoms with Gasteiger partial charge in [-0.15, -0.1) is 0 Å². The molecular weight excluding hydrogens is 364 g/mol. The molecule has 2 amide bonds. The summed E-state index contributed by atoms with van der Waals surface area (Å²) in [7, 11) is -2.34. The summed E-state index contributed by atoms with van der Waals surface area (Å²) in [5, 5.41) is 9.04. The van der Waals surface area contributed by atoms with Gasteiger partial charge in [-0.05, 0) is 75.0 Å². The van der Waals surface area contributed by atoms with Gasteiger partial charge in [0.25, 0.3) is 0 Å². The maximum Gasteiger partial charge on any atom is 0.317 e. The van der Waals surface area contributed by atoms with Crippen molar-refractivity contribution in [2.24, 2.45) is 0 Å². The van der Waals surface area contributed by atoms with Gasteiger partial charge in [0.05, 0.1) is 28.0 Å². The third-order valence-corrected chi connectivity index (χ3v) is 6.93. The van der Waals surface area contributed by atoms with Gasteiger partial charge in [0.15, 0.2) is 0 Å². The Balaban J connectivity index is 1.11. The van der Waals surface area contributed by atoms with E-state index in [1.807, 2.05) is 11.1 Å². The van der Waals surface area contributed by atoms with E-state index in [0.717, 1.165) is 44.7 Å². The second-order valence-electron chi connectivity index (χ2n) is 8.94. The highest BCUT2D eigenvalue weighted by Crippen LogP contribution is 2.41. The summed E-state index contributed by atoms with van der Waals surface area (Å²) in [4.78, 5) is 14.7. The number of likely N-dealkylation sites (tertiary alicyclic amines) is 1. The van der Waals surface area contributed by atoms with Crippen LogP contribution in [0.25, 0.3) is 10.9 Å². The van der Waals surface area contributed by atoms with Gasteiger partial charge < -0.3 is 15.0 Å². The minimum atomic E-state index is -2.34. The highest BCUT2D eigenvalue weighted by atomic mass is 16.5. The highest BCUT2D eigenvalue weighted by Gasteiger charge is 2.29. The number of amides is 2. The van der Waals surface area contributed by atoms with Crippen molar-refractivity contribution < 1.29 is 13.6 Å². The topological polar surface area (TPSA) is 59.4 Å². The molecular formula is C23H32N4O2. The number of carbonyl (C=O) groups is 1. The van der Waals surface area contributed by atoms with E-state index < -0.39 is 7.04 Å². The molecule has 1 saturated heterocycles. The Bertz CT molecular complexity index is 956. The summed E-state index contributed by atoms with van der Waals surface area (Å²) in [6.45, 7) is 1.44. The molecule has 0 atom stereocenters. The SMILES string of the molecule is [2H]C([2H])([2H])OC1CCC(NC(=O)N2CCC(n3ncc4cc(C5CC5)ccc43)CC2)CC1. The molecule has 0 spiro atoms. The molecule has 2 heterocycles. The van der Waals surface area contributed by atoms with Crippen LogP contribution in [-0.4, -0.2) is 53.0 Å². The fourth-order valence-electron chi connectivity index (χ4n) is 4.94. The predicted octanol–water partition coefficient (Wildman–Crippen LogP) is 4.22. The lowest BCUT2D eigenvalue weighted by atomic mass is 9.93. The molecule has 156 valence electrons. The summed E-state index contributed by atoms with van der Waals surface area (Å²) in [6.07, 6.45) is 8.98. The van der Waals surface area contributed by atoms with Crippen LogP contribution < -0.4 is 5.32 Å². The maximum absolute atomic E-state index is 12.8. The summed E-state index contributed by atoms with van der Waals surface area (Å²) in [5.74, 6) is 0.744. The van der Waals surface area contributed by atoms with Crippen molar-refractivity contribution >= 4 is 16.9 Å². The van der Waals surface area contributed by atoms with Crippen LogP contribution in [0.3, 0.4) is 0 Å². The molecule has 1 aromatic heterocycles. The van der Waals surface area contributed by atoms with E-state index in [-0.39, 0.29) is 18.2 Å². The molecule has 3 fully saturated rings. The van der Waals surface area contributed by atoms with Crippen LogP contribution in [0.15, 0.2) is 24.4 Å². The Morgan fingerprint density at radius 2 is 1.93 bits per heavy atom. The molecule has 0 radical (unpaired) electrons. The molecule has 6 nitrogen and oxygen atoms in total. The van der Waals surface area contributed by atoms with Crippen molar-refractivity contribution in [3.8, 4) is 0 Å². The van der Waals surface area contributed by atoms with Crippen LogP contribution in [0.1, 0.15) is 73.0 Å². The minimum absolute atomic E-state index is 0.0111. The lowest BCUT2D eigenvalue weighted by Gasteiger charge is -2.35. The first-order chi connectivity index (χ1) is 15.4. The number of rotatable bonds is 4. The van der Waals surface area contributed by atoms with Crippen molar-refractivity contribution in [2.45, 2.75) is 75.5 Å². The van der Waals surface area contributed by atoms with Crippen LogP contribution in [0.5, 0.6) is 0 Å². The van der Waals surface area contributed by atoms with Crippen molar-refractivity contribution in [1.82, 2.24) is 20.0 Å². The lowest BCUT2D eigenvalue weighted by molar-refractivity contribution is 0.0624. The number of piperidine rings is 1. The van der Waals surface area contributed by atoms with Crippen LogP contribution in [-0.2, 0) is 4.74 Å². The number of urea groups is 1. The summed E-state index contributed by atoms with van der Waals surface area (Å²) in [6, 6.07) is 7.14. The smallest absolute Gasteiger partial charge is 0.317 e. The zero-order valence-electron chi connectivity index (χ0n) is 19.8. The number of methoxy groups -OCH3 is 1. The standard InChI is InChI=1S/C23H32N4O2/c1-29-21-7-5-19(6-8-21)25-23(28)26-12-10-20(11-13-26)27-22-9-4-17(16-2-3-16)14-18(22)15-24-27/h4,9,14-16,19-21H,2-3,5-8,10-13H2,1H3,(H,25,28)/i1D3. The fourth-order valence-corrected chi connectivity index (χ4v) is 4.94. The number of carbonyl (C=O) groups excluding carboxylic acids is 1. The fraction of sp³-hybridized carbons (Fsp3) is 0.652. The van der Waals surface area contributed by atoms with Gasteiger partial charge in [0, 0.05) is 31.6 Å². The van der Waals surface area contributed by atoms with E-state index in [0.29, 0.717) is 18.9 Å². The van der Waals surface area contributed by atoms with Gasteiger partial charge in [0.2, 0.25) is 0 Å². The summed E-state index contributed by atoms with van der Waals surface area (Å²) in [5.41, 5.74) is 2.62. The molecule has 1 aromatic carbocycles. The molecule has 3 aliphatic rings. The van der Waals surface area contributed by atoms with Gasteiger partial charge in [-0.2, -0.15) is 5.10 Å². The van der Waals surface area contributed by atoms with Crippen molar-refractivity contribution in [3.05, 3.63) is 30.0 Å². The zero-order chi connectivity index (χ0) is 22.3. The summed E-state index contributed by atoms with van der Waals surface area (Å²) >= 11 is 0. The second kappa shape index (κ2) is 7.98. The molecule has 6 heteroatoms. The Kier molecular flexibility index (Phi) is 4.32. The summed E-state index contributed by atoms with van der Waals surface area (Å²) < 4.78 is 29.0. The monoisotopic (exact) mass is 399 g/mol. The number of benzene rings is 1. The van der Waals surface area contributed by atoms with E-state index in [1.54, 1.807) is 0 Å². The van der Waals surface area contributed by atoms with Crippen molar-refractivity contribution in [3.63, 3.8) is 0 Å². The molecule has 0 bridgehead atoms. The van der Waals surface area contributed by atoms with Gasteiger partial charge in [0.1, 0.15) is 0 Å². The number of hydrogen-bond donors (Lipinski definition) is 1. The maximum atomic E-state index is 12.8.